The molecule has 1 amide bonds. The minimum Gasteiger partial charge on any atom is -0.468 e. The molecule has 2 rings (SSSR count). The van der Waals surface area contributed by atoms with E-state index in [-0.39, 0.29) is 12.1 Å². The molecule has 2 atom stereocenters. The van der Waals surface area contributed by atoms with E-state index in [0.717, 1.165) is 13.2 Å². The predicted octanol–water partition coefficient (Wildman–Crippen LogP) is 1.71. The van der Waals surface area contributed by atoms with Gasteiger partial charge in [-0.1, -0.05) is 18.2 Å². The molecule has 7 heteroatoms. The number of carbonyl (C=O) groups is 2. The summed E-state index contributed by atoms with van der Waals surface area (Å²) in [6.07, 6.45) is -4.54. The summed E-state index contributed by atoms with van der Waals surface area (Å²) in [6.45, 7) is -0.0221. The van der Waals surface area contributed by atoms with E-state index >= 15 is 0 Å². The summed E-state index contributed by atoms with van der Waals surface area (Å²) < 4.78 is 43.5. The van der Waals surface area contributed by atoms with Crippen molar-refractivity contribution in [3.8, 4) is 0 Å². The van der Waals surface area contributed by atoms with Crippen LogP contribution < -0.4 is 5.32 Å². The van der Waals surface area contributed by atoms with Crippen molar-refractivity contribution >= 4 is 11.9 Å². The Morgan fingerprint density at radius 3 is 2.60 bits per heavy atom. The molecule has 0 bridgehead atoms. The monoisotopic (exact) mass is 287 g/mol. The van der Waals surface area contributed by atoms with E-state index in [4.69, 9.17) is 0 Å². The van der Waals surface area contributed by atoms with Crippen LogP contribution in [-0.4, -0.2) is 25.5 Å². The molecule has 1 aliphatic heterocycles. The predicted molar refractivity (Wildman–Crippen MR) is 62.7 cm³/mol. The quantitative estimate of drug-likeness (QED) is 0.665. The standard InChI is InChI=1S/C13H12F3NO3/c1-20-12(19)10-8(6-17-11(10)18)7-4-2-3-5-9(7)13(14,15)16/h2-5,8,10H,6H2,1H3,(H,17,18)/t8?,10-/m0/s1. The minimum absolute atomic E-state index is 0.0221. The van der Waals surface area contributed by atoms with Crippen LogP contribution in [0.15, 0.2) is 24.3 Å². The molecule has 1 aliphatic rings. The second kappa shape index (κ2) is 5.15. The molecular weight excluding hydrogens is 275 g/mol. The maximum atomic E-state index is 13.0. The van der Waals surface area contributed by atoms with Gasteiger partial charge in [0.15, 0.2) is 0 Å². The van der Waals surface area contributed by atoms with E-state index in [1.54, 1.807) is 0 Å². The summed E-state index contributed by atoms with van der Waals surface area (Å²) in [4.78, 5) is 23.2. The third kappa shape index (κ3) is 2.48. The van der Waals surface area contributed by atoms with Crippen molar-refractivity contribution in [3.63, 3.8) is 0 Å². The Morgan fingerprint density at radius 2 is 2.00 bits per heavy atom. The lowest BCUT2D eigenvalue weighted by atomic mass is 9.85. The Labute approximate surface area is 112 Å². The van der Waals surface area contributed by atoms with Crippen LogP contribution in [0.2, 0.25) is 0 Å². The van der Waals surface area contributed by atoms with Crippen molar-refractivity contribution < 1.29 is 27.5 Å². The molecule has 1 heterocycles. The van der Waals surface area contributed by atoms with Crippen LogP contribution in [-0.2, 0) is 20.5 Å². The number of methoxy groups -OCH3 is 1. The van der Waals surface area contributed by atoms with Gasteiger partial charge in [-0.3, -0.25) is 9.59 Å². The summed E-state index contributed by atoms with van der Waals surface area (Å²) in [7, 11) is 1.10. The maximum Gasteiger partial charge on any atom is 0.416 e. The molecule has 1 N–H and O–H groups in total. The number of hydrogen-bond donors (Lipinski definition) is 1. The summed E-state index contributed by atoms with van der Waals surface area (Å²) in [5.41, 5.74) is -0.913. The molecule has 4 nitrogen and oxygen atoms in total. The number of esters is 1. The van der Waals surface area contributed by atoms with Crippen molar-refractivity contribution in [3.05, 3.63) is 35.4 Å². The first-order chi connectivity index (χ1) is 9.36. The lowest BCUT2D eigenvalue weighted by Gasteiger charge is -2.19. The van der Waals surface area contributed by atoms with Gasteiger partial charge in [-0.05, 0) is 11.6 Å². The fourth-order valence-corrected chi connectivity index (χ4v) is 2.39. The number of ether oxygens (including phenoxy) is 1. The second-order valence-electron chi connectivity index (χ2n) is 4.44. The average molecular weight is 287 g/mol. The Bertz CT molecular complexity index is 542. The molecule has 0 spiro atoms. The van der Waals surface area contributed by atoms with E-state index < -0.39 is 35.5 Å². The fourth-order valence-electron chi connectivity index (χ4n) is 2.39. The van der Waals surface area contributed by atoms with E-state index in [9.17, 15) is 22.8 Å². The maximum absolute atomic E-state index is 13.0. The summed E-state index contributed by atoms with van der Waals surface area (Å²) in [5.74, 6) is -3.57. The highest BCUT2D eigenvalue weighted by atomic mass is 19.4. The van der Waals surface area contributed by atoms with Gasteiger partial charge < -0.3 is 10.1 Å². The van der Waals surface area contributed by atoms with Crippen molar-refractivity contribution in [1.29, 1.82) is 0 Å². The first-order valence-corrected chi connectivity index (χ1v) is 5.88. The number of hydrogen-bond acceptors (Lipinski definition) is 3. The van der Waals surface area contributed by atoms with Gasteiger partial charge in [0.25, 0.3) is 0 Å². The Kier molecular flexibility index (Phi) is 3.69. The molecule has 108 valence electrons. The zero-order valence-electron chi connectivity index (χ0n) is 10.5. The van der Waals surface area contributed by atoms with Gasteiger partial charge in [0.2, 0.25) is 5.91 Å². The third-order valence-electron chi connectivity index (χ3n) is 3.30. The molecule has 0 radical (unpaired) electrons. The van der Waals surface area contributed by atoms with E-state index in [1.807, 2.05) is 0 Å². The average Bonchev–Trinajstić information content (AvgIpc) is 2.78. The Hall–Kier alpha value is -2.05. The summed E-state index contributed by atoms with van der Waals surface area (Å²) >= 11 is 0. The second-order valence-corrected chi connectivity index (χ2v) is 4.44. The Morgan fingerprint density at radius 1 is 1.35 bits per heavy atom. The normalized spacial score (nSPS) is 22.5. The highest BCUT2D eigenvalue weighted by molar-refractivity contribution is 6.00. The van der Waals surface area contributed by atoms with Crippen LogP contribution in [0.4, 0.5) is 13.2 Å². The Balaban J connectivity index is 2.46. The van der Waals surface area contributed by atoms with E-state index in [0.29, 0.717) is 0 Å². The van der Waals surface area contributed by atoms with Crippen LogP contribution in [0, 0.1) is 5.92 Å². The molecule has 0 saturated carbocycles. The van der Waals surface area contributed by atoms with Gasteiger partial charge in [0.1, 0.15) is 5.92 Å². The number of carbonyl (C=O) groups excluding carboxylic acids is 2. The van der Waals surface area contributed by atoms with Gasteiger partial charge in [-0.2, -0.15) is 13.2 Å². The number of nitrogens with one attached hydrogen (secondary N) is 1. The molecule has 1 unspecified atom stereocenters. The molecule has 0 aliphatic carbocycles. The first-order valence-electron chi connectivity index (χ1n) is 5.88. The summed E-state index contributed by atoms with van der Waals surface area (Å²) in [5, 5.41) is 2.40. The van der Waals surface area contributed by atoms with Crippen LogP contribution in [0.3, 0.4) is 0 Å². The number of rotatable bonds is 2. The molecule has 1 fully saturated rings. The van der Waals surface area contributed by atoms with Gasteiger partial charge in [-0.15, -0.1) is 0 Å². The third-order valence-corrected chi connectivity index (χ3v) is 3.30. The highest BCUT2D eigenvalue weighted by Gasteiger charge is 2.45. The van der Waals surface area contributed by atoms with E-state index in [2.05, 4.69) is 10.1 Å². The number of benzene rings is 1. The van der Waals surface area contributed by atoms with Crippen LogP contribution >= 0.6 is 0 Å². The van der Waals surface area contributed by atoms with Gasteiger partial charge in [-0.25, -0.2) is 0 Å². The molecule has 1 saturated heterocycles. The minimum atomic E-state index is -4.54. The molecule has 1 aromatic carbocycles. The molecular formula is C13H12F3NO3. The smallest absolute Gasteiger partial charge is 0.416 e. The first kappa shape index (κ1) is 14.4. The number of amides is 1. The lowest BCUT2D eigenvalue weighted by Crippen LogP contribution is -2.28. The van der Waals surface area contributed by atoms with Crippen molar-refractivity contribution in [2.75, 3.05) is 13.7 Å². The van der Waals surface area contributed by atoms with Crippen molar-refractivity contribution in [1.82, 2.24) is 5.32 Å². The number of halogens is 3. The molecule has 0 aromatic heterocycles. The SMILES string of the molecule is COC(=O)[C@@H]1C(=O)NCC1c1ccccc1C(F)(F)F. The zero-order valence-corrected chi connectivity index (χ0v) is 10.5. The van der Waals surface area contributed by atoms with Crippen LogP contribution in [0.25, 0.3) is 0 Å². The van der Waals surface area contributed by atoms with Gasteiger partial charge in [0, 0.05) is 12.5 Å². The molecule has 20 heavy (non-hydrogen) atoms. The topological polar surface area (TPSA) is 55.4 Å². The summed E-state index contributed by atoms with van der Waals surface area (Å²) in [6, 6.07) is 4.93. The van der Waals surface area contributed by atoms with Crippen LogP contribution in [0.5, 0.6) is 0 Å². The van der Waals surface area contributed by atoms with Gasteiger partial charge in [0.05, 0.1) is 12.7 Å². The van der Waals surface area contributed by atoms with Gasteiger partial charge >= 0.3 is 12.1 Å². The fraction of sp³-hybridized carbons (Fsp3) is 0.385. The zero-order chi connectivity index (χ0) is 14.9. The highest BCUT2D eigenvalue weighted by Crippen LogP contribution is 2.39. The van der Waals surface area contributed by atoms with E-state index in [1.165, 1.54) is 18.2 Å². The van der Waals surface area contributed by atoms with Crippen molar-refractivity contribution in [2.45, 2.75) is 12.1 Å². The lowest BCUT2D eigenvalue weighted by molar-refractivity contribution is -0.150. The van der Waals surface area contributed by atoms with Crippen molar-refractivity contribution in [2.24, 2.45) is 5.92 Å². The largest absolute Gasteiger partial charge is 0.468 e. The molecule has 1 aromatic rings. The number of alkyl halides is 3. The van der Waals surface area contributed by atoms with Crippen LogP contribution in [0.1, 0.15) is 17.0 Å².